The van der Waals surface area contributed by atoms with Crippen LogP contribution in [-0.2, 0) is 4.79 Å². The molecule has 0 rings (SSSR count). The third kappa shape index (κ3) is 6.80. The summed E-state index contributed by atoms with van der Waals surface area (Å²) < 4.78 is 0. The van der Waals surface area contributed by atoms with Crippen LogP contribution < -0.4 is 0 Å². The quantitative estimate of drug-likeness (QED) is 0.593. The molecule has 0 spiro atoms. The van der Waals surface area contributed by atoms with Gasteiger partial charge in [-0.3, -0.25) is 0 Å². The number of hydrogen-bond acceptors (Lipinski definition) is 2. The van der Waals surface area contributed by atoms with Gasteiger partial charge in [-0.15, -0.1) is 0 Å². The fraction of sp³-hybridized carbons (Fsp3) is 0.833. The monoisotopic (exact) mass is 172 g/mol. The Hall–Kier alpha value is 0.690. The van der Waals surface area contributed by atoms with Gasteiger partial charge in [0.2, 0.25) is 0 Å². The van der Waals surface area contributed by atoms with Crippen molar-refractivity contribution in [2.75, 3.05) is 0 Å². The van der Waals surface area contributed by atoms with Crippen LogP contribution in [0.5, 0.6) is 0 Å². The van der Waals surface area contributed by atoms with E-state index in [1.807, 2.05) is 13.8 Å². The molecule has 0 fully saturated rings. The van der Waals surface area contributed by atoms with E-state index in [0.717, 1.165) is 0 Å². The van der Waals surface area contributed by atoms with Crippen LogP contribution in [0.4, 0.5) is 0 Å². The van der Waals surface area contributed by atoms with Crippen molar-refractivity contribution in [2.24, 2.45) is 5.92 Å². The first-order chi connectivity index (χ1) is 4.04. The number of aliphatic hydroxyl groups is 1. The van der Waals surface area contributed by atoms with E-state index in [4.69, 9.17) is 10.2 Å². The summed E-state index contributed by atoms with van der Waals surface area (Å²) in [4.78, 5) is 9.98. The summed E-state index contributed by atoms with van der Waals surface area (Å²) in [6.45, 7) is 3.73. The number of aliphatic hydroxyl groups excluding tert-OH is 1. The molecule has 0 aromatic rings. The standard InChI is InChI=1S/C6H12O3.Ca/c1-4(2)3-5(7)6(8)9;/h4-5,7H,3H2,1-2H3,(H,8,9);. The van der Waals surface area contributed by atoms with Crippen LogP contribution in [0.15, 0.2) is 0 Å². The van der Waals surface area contributed by atoms with Crippen LogP contribution in [0.1, 0.15) is 20.3 Å². The van der Waals surface area contributed by atoms with Crippen molar-refractivity contribution < 1.29 is 15.0 Å². The Morgan fingerprint density at radius 1 is 1.50 bits per heavy atom. The topological polar surface area (TPSA) is 57.5 Å². The molecule has 0 amide bonds. The molecule has 4 heteroatoms. The van der Waals surface area contributed by atoms with Crippen molar-refractivity contribution in [1.29, 1.82) is 0 Å². The summed E-state index contributed by atoms with van der Waals surface area (Å²) in [5, 5.41) is 16.9. The van der Waals surface area contributed by atoms with Gasteiger partial charge in [-0.1, -0.05) is 13.8 Å². The van der Waals surface area contributed by atoms with Gasteiger partial charge in [0.1, 0.15) is 0 Å². The molecule has 0 aliphatic rings. The van der Waals surface area contributed by atoms with E-state index >= 15 is 0 Å². The zero-order valence-corrected chi connectivity index (χ0v) is 8.58. The Morgan fingerprint density at radius 2 is 1.90 bits per heavy atom. The molecule has 0 aliphatic carbocycles. The second-order valence-corrected chi connectivity index (χ2v) is 2.48. The van der Waals surface area contributed by atoms with Gasteiger partial charge in [0.05, 0.1) is 0 Å². The van der Waals surface area contributed by atoms with Crippen molar-refractivity contribution in [1.82, 2.24) is 0 Å². The Bertz CT molecular complexity index is 103. The molecule has 0 aliphatic heterocycles. The summed E-state index contributed by atoms with van der Waals surface area (Å²) in [6.07, 6.45) is -0.861. The number of carboxylic acids is 1. The third-order valence-electron chi connectivity index (χ3n) is 0.980. The summed E-state index contributed by atoms with van der Waals surface area (Å²) >= 11 is 0. The first-order valence-electron chi connectivity index (χ1n) is 2.95. The summed E-state index contributed by atoms with van der Waals surface area (Å²) in [5.41, 5.74) is 0. The molecule has 2 radical (unpaired) electrons. The molecule has 3 nitrogen and oxygen atoms in total. The first kappa shape index (κ1) is 13.3. The van der Waals surface area contributed by atoms with Crippen LogP contribution in [0, 0.1) is 5.92 Å². The Morgan fingerprint density at radius 3 is 2.00 bits per heavy atom. The van der Waals surface area contributed by atoms with Crippen LogP contribution in [0.3, 0.4) is 0 Å². The molecule has 0 aromatic heterocycles. The number of carbonyl (C=O) groups is 1. The number of aliphatic carboxylic acids is 1. The minimum absolute atomic E-state index is 0. The SMILES string of the molecule is CC(C)CC(O)C(=O)O.[Ca]. The molecule has 2 N–H and O–H groups in total. The summed E-state index contributed by atoms with van der Waals surface area (Å²) in [6, 6.07) is 0. The van der Waals surface area contributed by atoms with Gasteiger partial charge in [0, 0.05) is 37.7 Å². The maximum atomic E-state index is 9.98. The van der Waals surface area contributed by atoms with Gasteiger partial charge < -0.3 is 10.2 Å². The smallest absolute Gasteiger partial charge is 0.332 e. The van der Waals surface area contributed by atoms with Crippen molar-refractivity contribution in [3.05, 3.63) is 0 Å². The molecule has 56 valence electrons. The van der Waals surface area contributed by atoms with Gasteiger partial charge in [0.25, 0.3) is 0 Å². The number of carboxylic acid groups (broad SMARTS) is 1. The van der Waals surface area contributed by atoms with Crippen molar-refractivity contribution >= 4 is 43.7 Å². The Labute approximate surface area is 90.4 Å². The predicted molar refractivity (Wildman–Crippen MR) is 38.9 cm³/mol. The average molecular weight is 172 g/mol. The van der Waals surface area contributed by atoms with Crippen molar-refractivity contribution in [2.45, 2.75) is 26.4 Å². The van der Waals surface area contributed by atoms with E-state index in [2.05, 4.69) is 0 Å². The van der Waals surface area contributed by atoms with Crippen LogP contribution in [0.2, 0.25) is 0 Å². The van der Waals surface area contributed by atoms with E-state index < -0.39 is 12.1 Å². The largest absolute Gasteiger partial charge is 0.479 e. The van der Waals surface area contributed by atoms with E-state index in [9.17, 15) is 4.79 Å². The summed E-state index contributed by atoms with van der Waals surface area (Å²) in [5.74, 6) is -0.903. The third-order valence-corrected chi connectivity index (χ3v) is 0.980. The fourth-order valence-corrected chi connectivity index (χ4v) is 0.547. The number of rotatable bonds is 3. The van der Waals surface area contributed by atoms with Crippen LogP contribution in [-0.4, -0.2) is 60.0 Å². The second kappa shape index (κ2) is 6.40. The first-order valence-corrected chi connectivity index (χ1v) is 2.95. The average Bonchev–Trinajstić information content (AvgIpc) is 1.63. The molecule has 0 heterocycles. The molecule has 0 aromatic carbocycles. The molecule has 0 bridgehead atoms. The minimum Gasteiger partial charge on any atom is -0.479 e. The molecular formula is C6H12CaO3. The minimum atomic E-state index is -1.19. The number of hydrogen-bond donors (Lipinski definition) is 2. The normalized spacial score (nSPS) is 12.4. The molecule has 1 unspecified atom stereocenters. The van der Waals surface area contributed by atoms with Crippen molar-refractivity contribution in [3.8, 4) is 0 Å². The Kier molecular flexibility index (Phi) is 8.51. The molecular weight excluding hydrogens is 160 g/mol. The van der Waals surface area contributed by atoms with E-state index in [0.29, 0.717) is 6.42 Å². The van der Waals surface area contributed by atoms with E-state index in [1.54, 1.807) is 0 Å². The van der Waals surface area contributed by atoms with E-state index in [-0.39, 0.29) is 43.7 Å². The molecule has 0 saturated heterocycles. The maximum Gasteiger partial charge on any atom is 0.332 e. The van der Waals surface area contributed by atoms with Gasteiger partial charge in [-0.05, 0) is 12.3 Å². The zero-order valence-electron chi connectivity index (χ0n) is 6.37. The maximum absolute atomic E-state index is 9.98. The Balaban J connectivity index is 0. The fourth-order valence-electron chi connectivity index (χ4n) is 0.547. The van der Waals surface area contributed by atoms with Gasteiger partial charge in [-0.2, -0.15) is 0 Å². The van der Waals surface area contributed by atoms with Gasteiger partial charge in [0.15, 0.2) is 6.10 Å². The molecule has 1 atom stereocenters. The van der Waals surface area contributed by atoms with Crippen molar-refractivity contribution in [3.63, 3.8) is 0 Å². The van der Waals surface area contributed by atoms with Gasteiger partial charge in [-0.25, -0.2) is 4.79 Å². The molecule has 0 saturated carbocycles. The second-order valence-electron chi connectivity index (χ2n) is 2.48. The van der Waals surface area contributed by atoms with Crippen LogP contribution in [0.25, 0.3) is 0 Å². The zero-order chi connectivity index (χ0) is 7.44. The summed E-state index contributed by atoms with van der Waals surface area (Å²) in [7, 11) is 0. The molecule has 10 heavy (non-hydrogen) atoms. The van der Waals surface area contributed by atoms with Crippen LogP contribution >= 0.6 is 0 Å². The van der Waals surface area contributed by atoms with E-state index in [1.165, 1.54) is 0 Å². The predicted octanol–water partition coefficient (Wildman–Crippen LogP) is 0.0972. The van der Waals surface area contributed by atoms with Gasteiger partial charge >= 0.3 is 5.97 Å².